The van der Waals surface area contributed by atoms with Gasteiger partial charge in [-0.05, 0) is 90.5 Å². The van der Waals surface area contributed by atoms with Crippen LogP contribution in [0.15, 0.2) is 32.5 Å². The number of likely N-dealkylation sites (tertiary alicyclic amines) is 1. The second kappa shape index (κ2) is 8.73. The molecule has 140 valence electrons. The number of halogens is 2. The number of aryl methyl sites for hydroxylation is 1. The van der Waals surface area contributed by atoms with E-state index in [1.54, 1.807) is 12.1 Å². The van der Waals surface area contributed by atoms with E-state index in [2.05, 4.69) is 43.3 Å². The van der Waals surface area contributed by atoms with Gasteiger partial charge in [0.25, 0.3) is 0 Å². The third-order valence-corrected chi connectivity index (χ3v) is 5.54. The van der Waals surface area contributed by atoms with Crippen molar-refractivity contribution in [3.05, 3.63) is 45.4 Å². The Labute approximate surface area is 160 Å². The minimum absolute atomic E-state index is 0.310. The van der Waals surface area contributed by atoms with E-state index in [0.717, 1.165) is 31.5 Å². The Morgan fingerprint density at radius 1 is 1.38 bits per heavy atom. The van der Waals surface area contributed by atoms with E-state index in [-0.39, 0.29) is 5.82 Å². The van der Waals surface area contributed by atoms with Crippen LogP contribution >= 0.6 is 15.9 Å². The zero-order valence-corrected chi connectivity index (χ0v) is 16.2. The van der Waals surface area contributed by atoms with Gasteiger partial charge >= 0.3 is 0 Å². The van der Waals surface area contributed by atoms with E-state index in [1.165, 1.54) is 18.9 Å². The van der Waals surface area contributed by atoms with Crippen molar-refractivity contribution in [3.8, 4) is 0 Å². The molecule has 0 radical (unpaired) electrons. The molecule has 26 heavy (non-hydrogen) atoms. The topological polar surface area (TPSA) is 74.8 Å². The molecule has 1 N–H and O–H groups in total. The molecule has 0 aliphatic carbocycles. The molecule has 2 aromatic rings. The van der Waals surface area contributed by atoms with Crippen molar-refractivity contribution >= 4 is 21.6 Å². The van der Waals surface area contributed by atoms with E-state index >= 15 is 0 Å². The Hall–Kier alpha value is -1.80. The summed E-state index contributed by atoms with van der Waals surface area (Å²) in [6.45, 7) is 2.24. The molecule has 2 heterocycles. The van der Waals surface area contributed by atoms with Crippen LogP contribution in [-0.2, 0) is 12.8 Å². The highest BCUT2D eigenvalue weighted by Crippen LogP contribution is 2.23. The van der Waals surface area contributed by atoms with Gasteiger partial charge in [-0.3, -0.25) is 0 Å². The highest BCUT2D eigenvalue weighted by molar-refractivity contribution is 9.10. The number of hydrogen-bond donors (Lipinski definition) is 1. The second-order valence-electron chi connectivity index (χ2n) is 6.82. The molecule has 0 saturated carbocycles. The summed E-state index contributed by atoms with van der Waals surface area (Å²) in [6, 6.07) is 4.68. The molecular formula is C18H22BrFN4O2. The van der Waals surface area contributed by atoms with Crippen molar-refractivity contribution in [2.24, 2.45) is 11.1 Å². The van der Waals surface area contributed by atoms with Gasteiger partial charge in [0.05, 0.1) is 4.47 Å². The van der Waals surface area contributed by atoms with Crippen molar-refractivity contribution in [2.75, 3.05) is 20.1 Å². The van der Waals surface area contributed by atoms with Crippen molar-refractivity contribution in [3.63, 3.8) is 0 Å². The van der Waals surface area contributed by atoms with Crippen LogP contribution < -0.4 is 0 Å². The Bertz CT molecular complexity index is 772. The summed E-state index contributed by atoms with van der Waals surface area (Å²) < 4.78 is 18.7. The third-order valence-electron chi connectivity index (χ3n) is 4.93. The molecule has 0 amide bonds. The lowest BCUT2D eigenvalue weighted by molar-refractivity contribution is 0.211. The van der Waals surface area contributed by atoms with Crippen LogP contribution in [0, 0.1) is 11.7 Å². The molecule has 0 unspecified atom stereocenters. The summed E-state index contributed by atoms with van der Waals surface area (Å²) in [5, 5.41) is 20.8. The van der Waals surface area contributed by atoms with Gasteiger partial charge < -0.3 is 10.1 Å². The highest BCUT2D eigenvalue weighted by atomic mass is 79.9. The van der Waals surface area contributed by atoms with Crippen molar-refractivity contribution in [1.82, 2.24) is 15.2 Å². The average Bonchev–Trinajstić information content (AvgIpc) is 3.10. The van der Waals surface area contributed by atoms with Gasteiger partial charge in [0.1, 0.15) is 17.2 Å². The molecule has 8 heteroatoms. The predicted molar refractivity (Wildman–Crippen MR) is 99.0 cm³/mol. The monoisotopic (exact) mass is 424 g/mol. The number of rotatable bonds is 6. The second-order valence-corrected chi connectivity index (χ2v) is 7.67. The Balaban J connectivity index is 1.66. The van der Waals surface area contributed by atoms with Gasteiger partial charge in [-0.15, -0.1) is 0 Å². The first kappa shape index (κ1) is 19.0. The maximum Gasteiger partial charge on any atom is 0.156 e. The molecule has 0 spiro atoms. The highest BCUT2D eigenvalue weighted by Gasteiger charge is 2.21. The average molecular weight is 425 g/mol. The Morgan fingerprint density at radius 3 is 2.85 bits per heavy atom. The van der Waals surface area contributed by atoms with Crippen LogP contribution in [0.1, 0.15) is 36.2 Å². The Morgan fingerprint density at radius 2 is 2.15 bits per heavy atom. The largest absolute Gasteiger partial charge is 0.411 e. The van der Waals surface area contributed by atoms with Crippen LogP contribution in [0.5, 0.6) is 0 Å². The minimum Gasteiger partial charge on any atom is -0.411 e. The smallest absolute Gasteiger partial charge is 0.156 e. The lowest BCUT2D eigenvalue weighted by Gasteiger charge is -2.28. The first-order chi connectivity index (χ1) is 12.6. The van der Waals surface area contributed by atoms with Crippen LogP contribution in [-0.4, -0.2) is 46.3 Å². The van der Waals surface area contributed by atoms with E-state index < -0.39 is 0 Å². The zero-order chi connectivity index (χ0) is 18.5. The number of oxime groups is 1. The number of benzene rings is 1. The molecule has 1 saturated heterocycles. The SMILES string of the molecule is CN1CCC(CCc2nonc2C(Cc2ccc(F)c(Br)c2)=NO)CC1. The summed E-state index contributed by atoms with van der Waals surface area (Å²) in [5.74, 6) is 0.330. The van der Waals surface area contributed by atoms with Crippen molar-refractivity contribution in [2.45, 2.75) is 32.1 Å². The summed E-state index contributed by atoms with van der Waals surface area (Å²) in [7, 11) is 2.15. The summed E-state index contributed by atoms with van der Waals surface area (Å²) >= 11 is 3.17. The first-order valence-corrected chi connectivity index (χ1v) is 9.51. The van der Waals surface area contributed by atoms with Crippen LogP contribution in [0.4, 0.5) is 4.39 Å². The molecule has 1 aliphatic heterocycles. The van der Waals surface area contributed by atoms with Gasteiger partial charge in [0.2, 0.25) is 0 Å². The fourth-order valence-corrected chi connectivity index (χ4v) is 3.72. The van der Waals surface area contributed by atoms with Crippen molar-refractivity contribution in [1.29, 1.82) is 0 Å². The Kier molecular flexibility index (Phi) is 6.37. The lowest BCUT2D eigenvalue weighted by atomic mass is 9.91. The fraction of sp³-hybridized carbons (Fsp3) is 0.500. The molecule has 0 bridgehead atoms. The van der Waals surface area contributed by atoms with Crippen molar-refractivity contribution < 1.29 is 14.2 Å². The normalized spacial score (nSPS) is 17.0. The van der Waals surface area contributed by atoms with E-state index in [1.807, 2.05) is 0 Å². The van der Waals surface area contributed by atoms with Gasteiger partial charge in [-0.1, -0.05) is 16.4 Å². The van der Waals surface area contributed by atoms with E-state index in [4.69, 9.17) is 4.63 Å². The summed E-state index contributed by atoms with van der Waals surface area (Å²) in [4.78, 5) is 2.34. The number of aromatic nitrogens is 2. The summed E-state index contributed by atoms with van der Waals surface area (Å²) in [6.07, 6.45) is 4.42. The zero-order valence-electron chi connectivity index (χ0n) is 14.7. The van der Waals surface area contributed by atoms with Gasteiger partial charge in [0.15, 0.2) is 5.69 Å². The fourth-order valence-electron chi connectivity index (χ4n) is 3.29. The first-order valence-electron chi connectivity index (χ1n) is 8.72. The molecule has 1 aromatic carbocycles. The maximum absolute atomic E-state index is 13.4. The van der Waals surface area contributed by atoms with Crippen LogP contribution in [0.3, 0.4) is 0 Å². The molecule has 1 fully saturated rings. The molecule has 0 atom stereocenters. The maximum atomic E-state index is 13.4. The third kappa shape index (κ3) is 4.67. The van der Waals surface area contributed by atoms with Gasteiger partial charge in [-0.2, -0.15) is 0 Å². The van der Waals surface area contributed by atoms with Gasteiger partial charge in [0, 0.05) is 6.42 Å². The molecule has 1 aromatic heterocycles. The number of piperidine rings is 1. The summed E-state index contributed by atoms with van der Waals surface area (Å²) in [5.41, 5.74) is 2.34. The van der Waals surface area contributed by atoms with E-state index in [0.29, 0.717) is 33.9 Å². The molecule has 1 aliphatic rings. The lowest BCUT2D eigenvalue weighted by Crippen LogP contribution is -2.30. The van der Waals surface area contributed by atoms with E-state index in [9.17, 15) is 9.60 Å². The minimum atomic E-state index is -0.335. The predicted octanol–water partition coefficient (Wildman–Crippen LogP) is 3.67. The molecule has 3 rings (SSSR count). The number of nitrogens with zero attached hydrogens (tertiary/aromatic N) is 4. The van der Waals surface area contributed by atoms with Crippen LogP contribution in [0.25, 0.3) is 0 Å². The number of hydrogen-bond acceptors (Lipinski definition) is 6. The standard InChI is InChI=1S/C18H22BrFN4O2/c1-24-8-6-12(7-9-24)3-5-16-18(23-26-22-16)17(21-25)11-13-2-4-15(20)14(19)10-13/h2,4,10,12,25H,3,5-9,11H2,1H3. The quantitative estimate of drug-likeness (QED) is 0.434. The van der Waals surface area contributed by atoms with Crippen LogP contribution in [0.2, 0.25) is 0 Å². The van der Waals surface area contributed by atoms with Gasteiger partial charge in [-0.25, -0.2) is 9.02 Å². The molecule has 6 nitrogen and oxygen atoms in total. The molecular weight excluding hydrogens is 403 g/mol.